The minimum absolute atomic E-state index is 0.124. The van der Waals surface area contributed by atoms with Crippen LogP contribution in [0.5, 0.6) is 0 Å². The average molecular weight is 347 g/mol. The van der Waals surface area contributed by atoms with Gasteiger partial charge in [-0.1, -0.05) is 41.5 Å². The number of nitrogens with zero attached hydrogens (tertiary/aromatic N) is 5. The maximum absolute atomic E-state index is 12.9. The smallest absolute Gasteiger partial charge is 0.328 e. The second-order valence-electron chi connectivity index (χ2n) is 6.02. The van der Waals surface area contributed by atoms with E-state index in [1.54, 1.807) is 62.8 Å². The first-order valence-electron chi connectivity index (χ1n) is 7.99. The Balaban J connectivity index is 1.98. The standard InChI is InChI=1S/C19H17N5O2/c1-23(2)19(26)24-11-10-15-16(4-3-5-17(15)24)18(25)14-8-6-13(7-9-14)12-21-22-20/h3-11H,12H2,1-2H3. The van der Waals surface area contributed by atoms with Crippen LogP contribution in [-0.2, 0) is 6.54 Å². The summed E-state index contributed by atoms with van der Waals surface area (Å²) < 4.78 is 1.52. The van der Waals surface area contributed by atoms with Crippen LogP contribution in [0.3, 0.4) is 0 Å². The van der Waals surface area contributed by atoms with E-state index in [1.165, 1.54) is 9.47 Å². The van der Waals surface area contributed by atoms with Gasteiger partial charge in [0.25, 0.3) is 0 Å². The highest BCUT2D eigenvalue weighted by atomic mass is 16.2. The molecule has 3 rings (SSSR count). The van der Waals surface area contributed by atoms with Gasteiger partial charge >= 0.3 is 6.03 Å². The molecule has 0 aliphatic rings. The highest BCUT2D eigenvalue weighted by Crippen LogP contribution is 2.23. The van der Waals surface area contributed by atoms with E-state index < -0.39 is 0 Å². The van der Waals surface area contributed by atoms with Gasteiger partial charge < -0.3 is 4.90 Å². The molecule has 1 heterocycles. The summed E-state index contributed by atoms with van der Waals surface area (Å²) >= 11 is 0. The van der Waals surface area contributed by atoms with Crippen LogP contribution in [0.15, 0.2) is 59.8 Å². The topological polar surface area (TPSA) is 91.1 Å². The van der Waals surface area contributed by atoms with E-state index in [-0.39, 0.29) is 18.4 Å². The summed E-state index contributed by atoms with van der Waals surface area (Å²) in [5.41, 5.74) is 11.0. The molecule has 0 bridgehead atoms. The predicted molar refractivity (Wildman–Crippen MR) is 99.1 cm³/mol. The Hall–Kier alpha value is -3.57. The second-order valence-corrected chi connectivity index (χ2v) is 6.02. The molecule has 0 atom stereocenters. The van der Waals surface area contributed by atoms with Crippen LogP contribution in [0, 0.1) is 0 Å². The number of ketones is 1. The summed E-state index contributed by atoms with van der Waals surface area (Å²) in [5.74, 6) is -0.124. The number of azide groups is 1. The Morgan fingerprint density at radius 1 is 1.12 bits per heavy atom. The summed E-state index contributed by atoms with van der Waals surface area (Å²) in [5, 5.41) is 4.23. The van der Waals surface area contributed by atoms with Crippen LogP contribution in [0.4, 0.5) is 4.79 Å². The molecule has 0 spiro atoms. The fourth-order valence-electron chi connectivity index (χ4n) is 2.78. The van der Waals surface area contributed by atoms with Crippen LogP contribution in [-0.4, -0.2) is 35.4 Å². The number of benzene rings is 2. The summed E-state index contributed by atoms with van der Waals surface area (Å²) in [6, 6.07) is 13.9. The van der Waals surface area contributed by atoms with Gasteiger partial charge in [0.05, 0.1) is 12.1 Å². The molecule has 130 valence electrons. The van der Waals surface area contributed by atoms with Gasteiger partial charge in [-0.2, -0.15) is 0 Å². The zero-order valence-electron chi connectivity index (χ0n) is 14.5. The zero-order chi connectivity index (χ0) is 18.7. The Labute approximate surface area is 150 Å². The predicted octanol–water partition coefficient (Wildman–Crippen LogP) is 4.21. The summed E-state index contributed by atoms with van der Waals surface area (Å²) in [4.78, 5) is 29.4. The quantitative estimate of drug-likeness (QED) is 0.306. The molecule has 0 unspecified atom stereocenters. The van der Waals surface area contributed by atoms with E-state index in [2.05, 4.69) is 10.0 Å². The van der Waals surface area contributed by atoms with Crippen molar-refractivity contribution in [3.8, 4) is 0 Å². The van der Waals surface area contributed by atoms with Crippen molar-refractivity contribution in [1.82, 2.24) is 9.47 Å². The summed E-state index contributed by atoms with van der Waals surface area (Å²) in [6.45, 7) is 0.246. The first kappa shape index (κ1) is 17.3. The van der Waals surface area contributed by atoms with Crippen LogP contribution in [0.25, 0.3) is 21.3 Å². The number of carbonyl (C=O) groups is 2. The van der Waals surface area contributed by atoms with Gasteiger partial charge in [-0.25, -0.2) is 4.79 Å². The lowest BCUT2D eigenvalue weighted by molar-refractivity contribution is 0.104. The number of fused-ring (bicyclic) bond motifs is 1. The van der Waals surface area contributed by atoms with Crippen molar-refractivity contribution in [1.29, 1.82) is 0 Å². The lowest BCUT2D eigenvalue weighted by Crippen LogP contribution is -2.26. The van der Waals surface area contributed by atoms with Gasteiger partial charge in [0.15, 0.2) is 5.78 Å². The molecule has 0 N–H and O–H groups in total. The lowest BCUT2D eigenvalue weighted by atomic mass is 9.99. The fraction of sp³-hybridized carbons (Fsp3) is 0.158. The van der Waals surface area contributed by atoms with E-state index in [9.17, 15) is 9.59 Å². The zero-order valence-corrected chi connectivity index (χ0v) is 14.5. The normalized spacial score (nSPS) is 10.4. The molecular weight excluding hydrogens is 330 g/mol. The van der Waals surface area contributed by atoms with Crippen molar-refractivity contribution in [2.45, 2.75) is 6.54 Å². The van der Waals surface area contributed by atoms with E-state index in [0.29, 0.717) is 16.6 Å². The molecule has 0 aliphatic heterocycles. The third-order valence-corrected chi connectivity index (χ3v) is 4.10. The molecule has 2 aromatic carbocycles. The van der Waals surface area contributed by atoms with E-state index in [0.717, 1.165) is 10.9 Å². The van der Waals surface area contributed by atoms with Crippen molar-refractivity contribution < 1.29 is 9.59 Å². The molecule has 0 radical (unpaired) electrons. The molecule has 7 heteroatoms. The van der Waals surface area contributed by atoms with Gasteiger partial charge in [0, 0.05) is 41.7 Å². The van der Waals surface area contributed by atoms with Gasteiger partial charge in [-0.3, -0.25) is 9.36 Å². The SMILES string of the molecule is CN(C)C(=O)n1ccc2c(C(=O)c3ccc(CN=[N+]=[N-])cc3)cccc21. The second kappa shape index (κ2) is 7.13. The Kier molecular flexibility index (Phi) is 4.73. The number of hydrogen-bond donors (Lipinski definition) is 0. The third kappa shape index (κ3) is 3.16. The first-order chi connectivity index (χ1) is 12.5. The molecule has 0 fully saturated rings. The minimum atomic E-state index is -0.174. The monoisotopic (exact) mass is 347 g/mol. The molecule has 7 nitrogen and oxygen atoms in total. The van der Waals surface area contributed by atoms with Crippen LogP contribution in [0.1, 0.15) is 21.5 Å². The Morgan fingerprint density at radius 2 is 1.85 bits per heavy atom. The lowest BCUT2D eigenvalue weighted by Gasteiger charge is -2.12. The van der Waals surface area contributed by atoms with Gasteiger partial charge in [0.1, 0.15) is 0 Å². The third-order valence-electron chi connectivity index (χ3n) is 4.10. The average Bonchev–Trinajstić information content (AvgIpc) is 3.09. The van der Waals surface area contributed by atoms with E-state index >= 15 is 0 Å². The Morgan fingerprint density at radius 3 is 2.50 bits per heavy atom. The van der Waals surface area contributed by atoms with Crippen molar-refractivity contribution in [3.05, 3.63) is 81.9 Å². The molecule has 0 saturated carbocycles. The van der Waals surface area contributed by atoms with Crippen molar-refractivity contribution in [2.24, 2.45) is 5.11 Å². The highest BCUT2D eigenvalue weighted by molar-refractivity contribution is 6.16. The van der Waals surface area contributed by atoms with Crippen LogP contribution >= 0.6 is 0 Å². The maximum atomic E-state index is 12.9. The first-order valence-corrected chi connectivity index (χ1v) is 7.99. The summed E-state index contributed by atoms with van der Waals surface area (Å²) in [6.07, 6.45) is 1.67. The number of aromatic nitrogens is 1. The molecule has 1 aromatic heterocycles. The molecule has 0 saturated heterocycles. The van der Waals surface area contributed by atoms with Gasteiger partial charge in [0.2, 0.25) is 0 Å². The largest absolute Gasteiger partial charge is 0.330 e. The van der Waals surface area contributed by atoms with Gasteiger partial charge in [-0.05, 0) is 23.2 Å². The molecular formula is C19H17N5O2. The van der Waals surface area contributed by atoms with Crippen LogP contribution in [0.2, 0.25) is 0 Å². The number of rotatable bonds is 4. The molecule has 3 aromatic rings. The Bertz CT molecular complexity index is 1030. The number of hydrogen-bond acceptors (Lipinski definition) is 3. The maximum Gasteiger partial charge on any atom is 0.328 e. The van der Waals surface area contributed by atoms with E-state index in [1.807, 2.05) is 6.07 Å². The summed E-state index contributed by atoms with van der Waals surface area (Å²) in [7, 11) is 3.36. The molecule has 1 amide bonds. The minimum Gasteiger partial charge on any atom is -0.330 e. The fourth-order valence-corrected chi connectivity index (χ4v) is 2.78. The number of carbonyl (C=O) groups excluding carboxylic acids is 2. The molecule has 0 aliphatic carbocycles. The highest BCUT2D eigenvalue weighted by Gasteiger charge is 2.17. The van der Waals surface area contributed by atoms with Gasteiger partial charge in [-0.15, -0.1) is 0 Å². The van der Waals surface area contributed by atoms with Crippen molar-refractivity contribution >= 4 is 22.7 Å². The van der Waals surface area contributed by atoms with Crippen molar-refractivity contribution in [3.63, 3.8) is 0 Å². The number of amides is 1. The van der Waals surface area contributed by atoms with E-state index in [4.69, 9.17) is 5.53 Å². The molecule has 26 heavy (non-hydrogen) atoms. The van der Waals surface area contributed by atoms with Crippen LogP contribution < -0.4 is 0 Å². The van der Waals surface area contributed by atoms with Crippen molar-refractivity contribution in [2.75, 3.05) is 14.1 Å².